The molecular formula is C16H18N2O. The Morgan fingerprint density at radius 3 is 2.16 bits per heavy atom. The lowest BCUT2D eigenvalue weighted by atomic mass is 10.1. The molecule has 0 aliphatic heterocycles. The standard InChI is InChI=1S/C16H18N2O/c1-11-3-5-13(6-4-11)12(2)18-15-9-7-14(8-10-15)16(17)19/h3-10,12,18H,1-2H3,(H2,17,19). The molecule has 0 aromatic heterocycles. The highest BCUT2D eigenvalue weighted by atomic mass is 16.1. The number of amides is 1. The fourth-order valence-electron chi connectivity index (χ4n) is 1.92. The molecule has 3 nitrogen and oxygen atoms in total. The van der Waals surface area contributed by atoms with E-state index in [1.165, 1.54) is 11.1 Å². The Kier molecular flexibility index (Phi) is 3.85. The van der Waals surface area contributed by atoms with Crippen molar-refractivity contribution in [3.05, 3.63) is 65.2 Å². The minimum atomic E-state index is -0.405. The molecule has 0 heterocycles. The van der Waals surface area contributed by atoms with E-state index in [0.717, 1.165) is 5.69 Å². The summed E-state index contributed by atoms with van der Waals surface area (Å²) < 4.78 is 0. The van der Waals surface area contributed by atoms with Gasteiger partial charge in [0.15, 0.2) is 0 Å². The van der Waals surface area contributed by atoms with Crippen LogP contribution in [0.2, 0.25) is 0 Å². The second-order valence-corrected chi connectivity index (χ2v) is 4.72. The second kappa shape index (κ2) is 5.57. The van der Waals surface area contributed by atoms with Crippen LogP contribution in [-0.2, 0) is 0 Å². The molecule has 1 unspecified atom stereocenters. The third kappa shape index (κ3) is 3.35. The van der Waals surface area contributed by atoms with Crippen LogP contribution in [0.4, 0.5) is 5.69 Å². The van der Waals surface area contributed by atoms with Crippen molar-refractivity contribution in [3.8, 4) is 0 Å². The molecule has 0 aliphatic rings. The van der Waals surface area contributed by atoms with Gasteiger partial charge in [-0.2, -0.15) is 0 Å². The van der Waals surface area contributed by atoms with E-state index in [-0.39, 0.29) is 6.04 Å². The van der Waals surface area contributed by atoms with E-state index in [1.807, 2.05) is 12.1 Å². The first-order chi connectivity index (χ1) is 9.06. The predicted molar refractivity (Wildman–Crippen MR) is 78.2 cm³/mol. The Morgan fingerprint density at radius 2 is 1.63 bits per heavy atom. The number of carbonyl (C=O) groups excluding carboxylic acids is 1. The first kappa shape index (κ1) is 13.1. The summed E-state index contributed by atoms with van der Waals surface area (Å²) in [7, 11) is 0. The smallest absolute Gasteiger partial charge is 0.248 e. The Bertz CT molecular complexity index is 558. The molecule has 0 spiro atoms. The van der Waals surface area contributed by atoms with Gasteiger partial charge in [0, 0.05) is 17.3 Å². The number of aryl methyl sites for hydroxylation is 1. The molecule has 3 heteroatoms. The van der Waals surface area contributed by atoms with Crippen LogP contribution in [-0.4, -0.2) is 5.91 Å². The van der Waals surface area contributed by atoms with Gasteiger partial charge >= 0.3 is 0 Å². The molecule has 2 rings (SSSR count). The van der Waals surface area contributed by atoms with Crippen molar-refractivity contribution in [3.63, 3.8) is 0 Å². The van der Waals surface area contributed by atoms with E-state index >= 15 is 0 Å². The highest BCUT2D eigenvalue weighted by Crippen LogP contribution is 2.19. The van der Waals surface area contributed by atoms with Crippen molar-refractivity contribution < 1.29 is 4.79 Å². The van der Waals surface area contributed by atoms with E-state index < -0.39 is 5.91 Å². The molecule has 3 N–H and O–H groups in total. The van der Waals surface area contributed by atoms with Crippen molar-refractivity contribution in [2.75, 3.05) is 5.32 Å². The number of anilines is 1. The first-order valence-corrected chi connectivity index (χ1v) is 6.29. The number of nitrogens with one attached hydrogen (secondary N) is 1. The van der Waals surface area contributed by atoms with Crippen molar-refractivity contribution in [1.29, 1.82) is 0 Å². The summed E-state index contributed by atoms with van der Waals surface area (Å²) in [5.41, 5.74) is 9.18. The molecule has 2 aromatic rings. The van der Waals surface area contributed by atoms with Gasteiger partial charge in [0.2, 0.25) is 5.91 Å². The van der Waals surface area contributed by atoms with Crippen LogP contribution in [0.3, 0.4) is 0 Å². The first-order valence-electron chi connectivity index (χ1n) is 6.29. The Labute approximate surface area is 113 Å². The molecular weight excluding hydrogens is 236 g/mol. The number of carbonyl (C=O) groups is 1. The average Bonchev–Trinajstić information content (AvgIpc) is 2.40. The van der Waals surface area contributed by atoms with Crippen molar-refractivity contribution in [1.82, 2.24) is 0 Å². The van der Waals surface area contributed by atoms with Crippen molar-refractivity contribution in [2.45, 2.75) is 19.9 Å². The predicted octanol–water partition coefficient (Wildman–Crippen LogP) is 3.27. The Morgan fingerprint density at radius 1 is 1.05 bits per heavy atom. The maximum atomic E-state index is 11.0. The van der Waals surface area contributed by atoms with Gasteiger partial charge in [-0.25, -0.2) is 0 Å². The van der Waals surface area contributed by atoms with Crippen LogP contribution in [0.1, 0.15) is 34.5 Å². The third-order valence-electron chi connectivity index (χ3n) is 3.13. The molecule has 0 saturated heterocycles. The van der Waals surface area contributed by atoms with Gasteiger partial charge in [0.25, 0.3) is 0 Å². The van der Waals surface area contributed by atoms with Gasteiger partial charge in [-0.1, -0.05) is 29.8 Å². The average molecular weight is 254 g/mol. The van der Waals surface area contributed by atoms with Gasteiger partial charge in [0.05, 0.1) is 0 Å². The molecule has 0 bridgehead atoms. The maximum absolute atomic E-state index is 11.0. The Hall–Kier alpha value is -2.29. The molecule has 98 valence electrons. The molecule has 19 heavy (non-hydrogen) atoms. The zero-order chi connectivity index (χ0) is 13.8. The number of primary amides is 1. The normalized spacial score (nSPS) is 11.9. The van der Waals surface area contributed by atoms with E-state index in [4.69, 9.17) is 5.73 Å². The van der Waals surface area contributed by atoms with Crippen LogP contribution in [0.15, 0.2) is 48.5 Å². The summed E-state index contributed by atoms with van der Waals surface area (Å²) in [6.07, 6.45) is 0. The molecule has 2 aromatic carbocycles. The number of nitrogens with two attached hydrogens (primary N) is 1. The topological polar surface area (TPSA) is 55.1 Å². The fourth-order valence-corrected chi connectivity index (χ4v) is 1.92. The minimum absolute atomic E-state index is 0.208. The van der Waals surface area contributed by atoms with Crippen LogP contribution in [0, 0.1) is 6.92 Å². The summed E-state index contributed by atoms with van der Waals surface area (Å²) in [6, 6.07) is 15.8. The number of rotatable bonds is 4. The zero-order valence-corrected chi connectivity index (χ0v) is 11.2. The van der Waals surface area contributed by atoms with Gasteiger partial charge in [-0.3, -0.25) is 4.79 Å². The minimum Gasteiger partial charge on any atom is -0.379 e. The lowest BCUT2D eigenvalue weighted by Gasteiger charge is -2.16. The summed E-state index contributed by atoms with van der Waals surface area (Å²) in [5, 5.41) is 3.39. The van der Waals surface area contributed by atoms with Crippen molar-refractivity contribution >= 4 is 11.6 Å². The molecule has 1 atom stereocenters. The number of benzene rings is 2. The third-order valence-corrected chi connectivity index (χ3v) is 3.13. The van der Waals surface area contributed by atoms with Crippen LogP contribution in [0.25, 0.3) is 0 Å². The number of hydrogen-bond acceptors (Lipinski definition) is 2. The Balaban J connectivity index is 2.08. The van der Waals surface area contributed by atoms with Crippen LogP contribution < -0.4 is 11.1 Å². The summed E-state index contributed by atoms with van der Waals surface area (Å²) in [6.45, 7) is 4.18. The lowest BCUT2D eigenvalue weighted by molar-refractivity contribution is 0.100. The van der Waals surface area contributed by atoms with Crippen LogP contribution >= 0.6 is 0 Å². The molecule has 0 fully saturated rings. The second-order valence-electron chi connectivity index (χ2n) is 4.72. The highest BCUT2D eigenvalue weighted by Gasteiger charge is 2.05. The fraction of sp³-hybridized carbons (Fsp3) is 0.188. The SMILES string of the molecule is Cc1ccc(C(C)Nc2ccc(C(N)=O)cc2)cc1. The molecule has 0 aliphatic carbocycles. The maximum Gasteiger partial charge on any atom is 0.248 e. The van der Waals surface area contributed by atoms with E-state index in [2.05, 4.69) is 43.4 Å². The van der Waals surface area contributed by atoms with E-state index in [1.54, 1.807) is 12.1 Å². The summed E-state index contributed by atoms with van der Waals surface area (Å²) >= 11 is 0. The highest BCUT2D eigenvalue weighted by molar-refractivity contribution is 5.93. The largest absolute Gasteiger partial charge is 0.379 e. The van der Waals surface area contributed by atoms with E-state index in [9.17, 15) is 4.79 Å². The van der Waals surface area contributed by atoms with E-state index in [0.29, 0.717) is 5.56 Å². The van der Waals surface area contributed by atoms with Crippen LogP contribution in [0.5, 0.6) is 0 Å². The monoisotopic (exact) mass is 254 g/mol. The van der Waals surface area contributed by atoms with Crippen molar-refractivity contribution in [2.24, 2.45) is 5.73 Å². The molecule has 0 radical (unpaired) electrons. The lowest BCUT2D eigenvalue weighted by Crippen LogP contribution is -2.11. The van der Waals surface area contributed by atoms with Gasteiger partial charge < -0.3 is 11.1 Å². The van der Waals surface area contributed by atoms with Gasteiger partial charge in [-0.15, -0.1) is 0 Å². The molecule has 1 amide bonds. The summed E-state index contributed by atoms with van der Waals surface area (Å²) in [5.74, 6) is -0.405. The zero-order valence-electron chi connectivity index (χ0n) is 11.2. The molecule has 0 saturated carbocycles. The van der Waals surface area contributed by atoms with Gasteiger partial charge in [0.1, 0.15) is 0 Å². The summed E-state index contributed by atoms with van der Waals surface area (Å²) in [4.78, 5) is 11.0. The number of hydrogen-bond donors (Lipinski definition) is 2. The quantitative estimate of drug-likeness (QED) is 0.879. The van der Waals surface area contributed by atoms with Gasteiger partial charge in [-0.05, 0) is 43.7 Å².